The Morgan fingerprint density at radius 1 is 1.04 bits per heavy atom. The molecule has 0 saturated carbocycles. The van der Waals surface area contributed by atoms with E-state index in [9.17, 15) is 18.3 Å². The number of fused-ring (bicyclic) bond motifs is 1. The van der Waals surface area contributed by atoms with Crippen LogP contribution in [0.4, 0.5) is 5.69 Å². The molecule has 28 heavy (non-hydrogen) atoms. The summed E-state index contributed by atoms with van der Waals surface area (Å²) >= 11 is 0. The maximum atomic E-state index is 13.0. The molecule has 1 amide bonds. The molecule has 6 nitrogen and oxygen atoms in total. The van der Waals surface area contributed by atoms with Crippen molar-refractivity contribution in [1.29, 1.82) is 0 Å². The Hall–Kier alpha value is -2.22. The van der Waals surface area contributed by atoms with Gasteiger partial charge in [0, 0.05) is 19.5 Å². The van der Waals surface area contributed by atoms with Crippen LogP contribution in [0.2, 0.25) is 0 Å². The van der Waals surface area contributed by atoms with E-state index >= 15 is 0 Å². The first kappa shape index (κ1) is 17.8. The lowest BCUT2D eigenvalue weighted by Gasteiger charge is -2.26. The molecule has 3 aliphatic rings. The van der Waals surface area contributed by atoms with Crippen molar-refractivity contribution in [3.8, 4) is 0 Å². The first-order chi connectivity index (χ1) is 13.4. The molecule has 0 unspecified atom stereocenters. The van der Waals surface area contributed by atoms with Gasteiger partial charge >= 0.3 is 0 Å². The van der Waals surface area contributed by atoms with Gasteiger partial charge < -0.3 is 10.0 Å². The molecule has 2 heterocycles. The van der Waals surface area contributed by atoms with Crippen LogP contribution in [0.1, 0.15) is 35.1 Å². The molecular formula is C21H22N2O4S. The summed E-state index contributed by atoms with van der Waals surface area (Å²) in [4.78, 5) is 14.0. The number of hydrogen-bond donors (Lipinski definition) is 2. The molecule has 7 heteroatoms. The van der Waals surface area contributed by atoms with Crippen LogP contribution in [0.5, 0.6) is 0 Å². The highest BCUT2D eigenvalue weighted by molar-refractivity contribution is 7.89. The number of aryl methyl sites for hydroxylation is 2. The summed E-state index contributed by atoms with van der Waals surface area (Å²) in [6.45, 7) is 0.567. The van der Waals surface area contributed by atoms with Crippen LogP contribution < -0.4 is 9.62 Å². The van der Waals surface area contributed by atoms with Gasteiger partial charge in [-0.3, -0.25) is 4.79 Å². The number of amides is 1. The van der Waals surface area contributed by atoms with Crippen LogP contribution in [0.15, 0.2) is 41.3 Å². The van der Waals surface area contributed by atoms with Crippen LogP contribution in [0.25, 0.3) is 0 Å². The summed E-state index contributed by atoms with van der Waals surface area (Å²) in [5.41, 5.74) is 3.42. The number of nitrogens with one attached hydrogen (secondary N) is 1. The smallest absolute Gasteiger partial charge is 0.240 e. The number of benzene rings is 2. The van der Waals surface area contributed by atoms with Gasteiger partial charge in [-0.1, -0.05) is 24.3 Å². The third kappa shape index (κ3) is 2.69. The monoisotopic (exact) mass is 398 g/mol. The molecule has 1 aliphatic carbocycles. The predicted molar refractivity (Wildman–Crippen MR) is 105 cm³/mol. The van der Waals surface area contributed by atoms with Gasteiger partial charge in [-0.15, -0.1) is 0 Å². The summed E-state index contributed by atoms with van der Waals surface area (Å²) in [6, 6.07) is 11.0. The average molecular weight is 398 g/mol. The molecule has 0 saturated heterocycles. The Labute approximate surface area is 164 Å². The molecule has 146 valence electrons. The van der Waals surface area contributed by atoms with Gasteiger partial charge in [-0.05, 0) is 60.1 Å². The van der Waals surface area contributed by atoms with Crippen LogP contribution in [0.3, 0.4) is 0 Å². The third-order valence-corrected chi connectivity index (χ3v) is 7.60. The van der Waals surface area contributed by atoms with Crippen molar-refractivity contribution in [3.05, 3.63) is 58.7 Å². The Morgan fingerprint density at radius 2 is 1.79 bits per heavy atom. The lowest BCUT2D eigenvalue weighted by atomic mass is 9.96. The number of anilines is 1. The van der Waals surface area contributed by atoms with Crippen LogP contribution in [-0.2, 0) is 39.7 Å². The molecule has 2 aromatic rings. The van der Waals surface area contributed by atoms with Crippen molar-refractivity contribution >= 4 is 21.6 Å². The highest BCUT2D eigenvalue weighted by Gasteiger charge is 2.38. The minimum absolute atomic E-state index is 0.0522. The summed E-state index contributed by atoms with van der Waals surface area (Å²) in [6.07, 6.45) is 2.90. The lowest BCUT2D eigenvalue weighted by Crippen LogP contribution is -2.39. The van der Waals surface area contributed by atoms with Crippen molar-refractivity contribution in [1.82, 2.24) is 4.72 Å². The fraction of sp³-hybridized carbons (Fsp3) is 0.381. The van der Waals surface area contributed by atoms with E-state index in [-0.39, 0.29) is 17.3 Å². The molecule has 1 atom stereocenters. The van der Waals surface area contributed by atoms with E-state index < -0.39 is 15.6 Å². The predicted octanol–water partition coefficient (Wildman–Crippen LogP) is 1.63. The van der Waals surface area contributed by atoms with E-state index in [0.29, 0.717) is 32.2 Å². The maximum Gasteiger partial charge on any atom is 0.240 e. The van der Waals surface area contributed by atoms with Gasteiger partial charge in [0.25, 0.3) is 0 Å². The molecule has 0 spiro atoms. The Balaban J connectivity index is 1.42. The minimum Gasteiger partial charge on any atom is -0.384 e. The standard InChI is InChI=1S/C21H22N2O4S/c24-19-6-5-15-11-17(12-16-8-10-23(19)20(15)16)28(26,27)22-13-21(25)9-7-14-3-1-2-4-18(14)21/h1-4,11-12,22,25H,5-10,13H2/t21-/m0/s1. The fourth-order valence-corrected chi connectivity index (χ4v) is 5.92. The van der Waals surface area contributed by atoms with Gasteiger partial charge in [0.05, 0.1) is 10.6 Å². The normalized spacial score (nSPS) is 23.0. The topological polar surface area (TPSA) is 86.7 Å². The maximum absolute atomic E-state index is 13.0. The summed E-state index contributed by atoms with van der Waals surface area (Å²) in [7, 11) is -3.76. The van der Waals surface area contributed by atoms with E-state index in [1.807, 2.05) is 24.3 Å². The van der Waals surface area contributed by atoms with Gasteiger partial charge in [0.15, 0.2) is 0 Å². The van der Waals surface area contributed by atoms with E-state index in [1.165, 1.54) is 0 Å². The third-order valence-electron chi connectivity index (χ3n) is 6.22. The van der Waals surface area contributed by atoms with Crippen molar-refractivity contribution < 1.29 is 18.3 Å². The van der Waals surface area contributed by atoms with Crippen molar-refractivity contribution in [2.24, 2.45) is 0 Å². The summed E-state index contributed by atoms with van der Waals surface area (Å²) < 4.78 is 28.6. The Kier molecular flexibility index (Phi) is 3.91. The quantitative estimate of drug-likeness (QED) is 0.820. The molecule has 0 radical (unpaired) electrons. The van der Waals surface area contributed by atoms with E-state index in [4.69, 9.17) is 0 Å². The largest absolute Gasteiger partial charge is 0.384 e. The highest BCUT2D eigenvalue weighted by atomic mass is 32.2. The molecule has 2 aliphatic heterocycles. The number of carbonyl (C=O) groups is 1. The van der Waals surface area contributed by atoms with E-state index in [1.54, 1.807) is 17.0 Å². The second-order valence-corrected chi connectivity index (χ2v) is 9.67. The molecule has 0 fully saturated rings. The zero-order valence-corrected chi connectivity index (χ0v) is 16.3. The second-order valence-electron chi connectivity index (χ2n) is 7.90. The SMILES string of the molecule is O=C1CCc2cc(S(=O)(=O)NC[C@@]3(O)CCc4ccccc43)cc3c2N1CC3. The fourth-order valence-electron chi connectivity index (χ4n) is 4.73. The molecule has 2 aromatic carbocycles. The van der Waals surface area contributed by atoms with Crippen LogP contribution in [0, 0.1) is 0 Å². The van der Waals surface area contributed by atoms with E-state index in [0.717, 1.165) is 34.4 Å². The van der Waals surface area contributed by atoms with Crippen molar-refractivity contribution in [2.45, 2.75) is 42.6 Å². The first-order valence-corrected chi connectivity index (χ1v) is 11.1. The molecular weight excluding hydrogens is 376 g/mol. The Bertz CT molecular complexity index is 1100. The van der Waals surface area contributed by atoms with Crippen molar-refractivity contribution in [2.75, 3.05) is 18.0 Å². The molecule has 5 rings (SSSR count). The second kappa shape index (κ2) is 6.14. The van der Waals surface area contributed by atoms with Gasteiger partial charge in [0.2, 0.25) is 15.9 Å². The summed E-state index contributed by atoms with van der Waals surface area (Å²) in [5, 5.41) is 11.0. The number of carbonyl (C=O) groups excluding carboxylic acids is 1. The number of rotatable bonds is 4. The minimum atomic E-state index is -3.76. The number of aliphatic hydroxyl groups is 1. The van der Waals surface area contributed by atoms with Crippen LogP contribution in [-0.4, -0.2) is 32.5 Å². The average Bonchev–Trinajstić information content (AvgIpc) is 3.27. The van der Waals surface area contributed by atoms with Gasteiger partial charge in [-0.2, -0.15) is 0 Å². The number of sulfonamides is 1. The number of nitrogens with zero attached hydrogens (tertiary/aromatic N) is 1. The van der Waals surface area contributed by atoms with Crippen molar-refractivity contribution in [3.63, 3.8) is 0 Å². The number of hydrogen-bond acceptors (Lipinski definition) is 4. The lowest BCUT2D eigenvalue weighted by molar-refractivity contribution is -0.118. The molecule has 2 N–H and O–H groups in total. The van der Waals surface area contributed by atoms with Gasteiger partial charge in [-0.25, -0.2) is 13.1 Å². The molecule has 0 bridgehead atoms. The van der Waals surface area contributed by atoms with E-state index in [2.05, 4.69) is 4.72 Å². The molecule has 0 aromatic heterocycles. The first-order valence-electron chi connectivity index (χ1n) is 9.64. The summed E-state index contributed by atoms with van der Waals surface area (Å²) in [5.74, 6) is 0.113. The zero-order valence-electron chi connectivity index (χ0n) is 15.4. The van der Waals surface area contributed by atoms with Gasteiger partial charge in [0.1, 0.15) is 5.60 Å². The van der Waals surface area contributed by atoms with Crippen LogP contribution >= 0.6 is 0 Å². The zero-order chi connectivity index (χ0) is 19.5. The highest BCUT2D eigenvalue weighted by Crippen LogP contribution is 2.39. The Morgan fingerprint density at radius 3 is 2.61 bits per heavy atom.